The largest absolute Gasteiger partial charge is 0.493 e. The Bertz CT molecular complexity index is 515. The number of nitrogens with zero attached hydrogens (tertiary/aromatic N) is 1. The summed E-state index contributed by atoms with van der Waals surface area (Å²) in [6.07, 6.45) is 1.77. The van der Waals surface area contributed by atoms with Crippen LogP contribution < -0.4 is 14.8 Å². The number of hydrogen-bond donors (Lipinski definition) is 1. The Labute approximate surface area is 113 Å². The van der Waals surface area contributed by atoms with Gasteiger partial charge in [-0.2, -0.15) is 0 Å². The smallest absolute Gasteiger partial charge is 0.161 e. The number of pyridine rings is 1. The number of ether oxygens (including phenoxy) is 2. The van der Waals surface area contributed by atoms with Crippen LogP contribution in [0.1, 0.15) is 12.5 Å². The lowest BCUT2D eigenvalue weighted by Crippen LogP contribution is -2.02. The van der Waals surface area contributed by atoms with Crippen molar-refractivity contribution in [3.05, 3.63) is 48.2 Å². The molecule has 2 aromatic rings. The molecule has 1 aromatic heterocycles. The summed E-state index contributed by atoms with van der Waals surface area (Å²) in [5.41, 5.74) is 1.12. The van der Waals surface area contributed by atoms with Crippen LogP contribution in [-0.4, -0.2) is 18.7 Å². The van der Waals surface area contributed by atoms with Crippen LogP contribution in [0.15, 0.2) is 42.6 Å². The van der Waals surface area contributed by atoms with Gasteiger partial charge in [0.15, 0.2) is 11.5 Å². The molecule has 100 valence electrons. The molecule has 0 spiro atoms. The third kappa shape index (κ3) is 3.61. The van der Waals surface area contributed by atoms with Crippen molar-refractivity contribution in [3.8, 4) is 11.5 Å². The normalized spacial score (nSPS) is 10.0. The summed E-state index contributed by atoms with van der Waals surface area (Å²) in [6.45, 7) is 3.27. The van der Waals surface area contributed by atoms with Gasteiger partial charge in [0.05, 0.1) is 13.7 Å². The maximum absolute atomic E-state index is 5.55. The average Bonchev–Trinajstić information content (AvgIpc) is 2.47. The molecule has 0 bridgehead atoms. The zero-order valence-electron chi connectivity index (χ0n) is 11.2. The fourth-order valence-corrected chi connectivity index (χ4v) is 1.76. The van der Waals surface area contributed by atoms with E-state index in [9.17, 15) is 0 Å². The predicted molar refractivity (Wildman–Crippen MR) is 75.7 cm³/mol. The van der Waals surface area contributed by atoms with Crippen LogP contribution in [-0.2, 0) is 6.54 Å². The maximum atomic E-state index is 5.55. The molecule has 0 atom stereocenters. The van der Waals surface area contributed by atoms with Gasteiger partial charge >= 0.3 is 0 Å². The van der Waals surface area contributed by atoms with E-state index in [1.807, 2.05) is 43.3 Å². The Morgan fingerprint density at radius 1 is 1.16 bits per heavy atom. The summed E-state index contributed by atoms with van der Waals surface area (Å²) in [4.78, 5) is 4.22. The number of hydrogen-bond acceptors (Lipinski definition) is 4. The van der Waals surface area contributed by atoms with E-state index in [-0.39, 0.29) is 0 Å². The van der Waals surface area contributed by atoms with Crippen molar-refractivity contribution in [3.63, 3.8) is 0 Å². The molecule has 0 radical (unpaired) electrons. The lowest BCUT2D eigenvalue weighted by atomic mass is 10.2. The molecular weight excluding hydrogens is 240 g/mol. The van der Waals surface area contributed by atoms with Gasteiger partial charge < -0.3 is 14.8 Å². The van der Waals surface area contributed by atoms with Gasteiger partial charge in [0.1, 0.15) is 5.82 Å². The maximum Gasteiger partial charge on any atom is 0.161 e. The summed E-state index contributed by atoms with van der Waals surface area (Å²) in [5.74, 6) is 2.38. The number of nitrogens with one attached hydrogen (secondary N) is 1. The summed E-state index contributed by atoms with van der Waals surface area (Å²) in [7, 11) is 1.64. The first-order valence-corrected chi connectivity index (χ1v) is 6.28. The first kappa shape index (κ1) is 13.2. The Balaban J connectivity index is 2.06. The minimum atomic E-state index is 0.619. The lowest BCUT2D eigenvalue weighted by molar-refractivity contribution is 0.310. The van der Waals surface area contributed by atoms with Crippen LogP contribution in [0.2, 0.25) is 0 Å². The standard InChI is InChI=1S/C15H18N2O2/c1-3-19-14-10-12(7-8-13(14)18-2)11-17-15-6-4-5-9-16-15/h4-10H,3,11H2,1-2H3,(H,16,17). The Morgan fingerprint density at radius 2 is 2.05 bits per heavy atom. The van der Waals surface area contributed by atoms with Gasteiger partial charge in [-0.1, -0.05) is 12.1 Å². The molecule has 0 aliphatic rings. The van der Waals surface area contributed by atoms with Gasteiger partial charge in [0, 0.05) is 12.7 Å². The molecule has 0 saturated carbocycles. The van der Waals surface area contributed by atoms with Crippen LogP contribution in [0.25, 0.3) is 0 Å². The first-order chi connectivity index (χ1) is 9.33. The number of rotatable bonds is 6. The van der Waals surface area contributed by atoms with Crippen LogP contribution >= 0.6 is 0 Å². The molecule has 0 saturated heterocycles. The highest BCUT2D eigenvalue weighted by Crippen LogP contribution is 2.28. The summed E-state index contributed by atoms with van der Waals surface area (Å²) >= 11 is 0. The molecule has 19 heavy (non-hydrogen) atoms. The van der Waals surface area contributed by atoms with Gasteiger partial charge in [-0.3, -0.25) is 0 Å². The molecule has 2 rings (SSSR count). The van der Waals surface area contributed by atoms with E-state index in [1.54, 1.807) is 13.3 Å². The Hall–Kier alpha value is -2.23. The molecule has 0 amide bonds. The van der Waals surface area contributed by atoms with Crippen LogP contribution in [0.3, 0.4) is 0 Å². The predicted octanol–water partition coefficient (Wildman–Crippen LogP) is 3.10. The van der Waals surface area contributed by atoms with Crippen molar-refractivity contribution >= 4 is 5.82 Å². The van der Waals surface area contributed by atoms with Crippen molar-refractivity contribution in [2.45, 2.75) is 13.5 Å². The second kappa shape index (κ2) is 6.64. The average molecular weight is 258 g/mol. The zero-order chi connectivity index (χ0) is 13.5. The van der Waals surface area contributed by atoms with Gasteiger partial charge in [0.25, 0.3) is 0 Å². The zero-order valence-corrected chi connectivity index (χ0v) is 11.2. The van der Waals surface area contributed by atoms with E-state index in [0.29, 0.717) is 13.2 Å². The minimum Gasteiger partial charge on any atom is -0.493 e. The van der Waals surface area contributed by atoms with Crippen molar-refractivity contribution in [1.29, 1.82) is 0 Å². The molecule has 1 heterocycles. The van der Waals surface area contributed by atoms with Crippen molar-refractivity contribution < 1.29 is 9.47 Å². The molecule has 1 N–H and O–H groups in total. The molecule has 4 nitrogen and oxygen atoms in total. The lowest BCUT2D eigenvalue weighted by Gasteiger charge is -2.11. The van der Waals surface area contributed by atoms with Crippen molar-refractivity contribution in [2.24, 2.45) is 0 Å². The molecule has 4 heteroatoms. The molecular formula is C15H18N2O2. The van der Waals surface area contributed by atoms with E-state index in [1.165, 1.54) is 0 Å². The van der Waals surface area contributed by atoms with Gasteiger partial charge in [-0.05, 0) is 36.8 Å². The number of anilines is 1. The monoisotopic (exact) mass is 258 g/mol. The summed E-state index contributed by atoms with van der Waals surface area (Å²) in [5, 5.41) is 3.26. The van der Waals surface area contributed by atoms with E-state index < -0.39 is 0 Å². The highest BCUT2D eigenvalue weighted by atomic mass is 16.5. The second-order valence-electron chi connectivity index (χ2n) is 3.99. The highest BCUT2D eigenvalue weighted by Gasteiger charge is 2.05. The molecule has 0 unspecified atom stereocenters. The van der Waals surface area contributed by atoms with E-state index >= 15 is 0 Å². The number of aromatic nitrogens is 1. The Morgan fingerprint density at radius 3 is 2.74 bits per heavy atom. The van der Waals surface area contributed by atoms with Gasteiger partial charge in [-0.25, -0.2) is 4.98 Å². The fourth-order valence-electron chi connectivity index (χ4n) is 1.76. The van der Waals surface area contributed by atoms with Crippen molar-refractivity contribution in [2.75, 3.05) is 19.0 Å². The van der Waals surface area contributed by atoms with Crippen LogP contribution in [0.5, 0.6) is 11.5 Å². The highest BCUT2D eigenvalue weighted by molar-refractivity contribution is 5.44. The van der Waals surface area contributed by atoms with E-state index in [2.05, 4.69) is 10.3 Å². The topological polar surface area (TPSA) is 43.4 Å². The SMILES string of the molecule is CCOc1cc(CNc2ccccn2)ccc1OC. The minimum absolute atomic E-state index is 0.619. The van der Waals surface area contributed by atoms with Crippen LogP contribution in [0.4, 0.5) is 5.82 Å². The Kier molecular flexibility index (Phi) is 4.61. The van der Waals surface area contributed by atoms with Gasteiger partial charge in [0.2, 0.25) is 0 Å². The molecule has 0 fully saturated rings. The molecule has 1 aromatic carbocycles. The quantitative estimate of drug-likeness (QED) is 0.864. The van der Waals surface area contributed by atoms with Crippen LogP contribution in [0, 0.1) is 0 Å². The van der Waals surface area contributed by atoms with Gasteiger partial charge in [-0.15, -0.1) is 0 Å². The second-order valence-corrected chi connectivity index (χ2v) is 3.99. The fraction of sp³-hybridized carbons (Fsp3) is 0.267. The summed E-state index contributed by atoms with van der Waals surface area (Å²) in [6, 6.07) is 11.7. The first-order valence-electron chi connectivity index (χ1n) is 6.28. The third-order valence-electron chi connectivity index (χ3n) is 2.67. The third-order valence-corrected chi connectivity index (χ3v) is 2.67. The van der Waals surface area contributed by atoms with E-state index in [0.717, 1.165) is 22.9 Å². The number of benzene rings is 1. The van der Waals surface area contributed by atoms with Crippen molar-refractivity contribution in [1.82, 2.24) is 4.98 Å². The number of methoxy groups -OCH3 is 1. The molecule has 0 aliphatic heterocycles. The van der Waals surface area contributed by atoms with E-state index in [4.69, 9.17) is 9.47 Å². The summed E-state index contributed by atoms with van der Waals surface area (Å²) < 4.78 is 10.8. The molecule has 0 aliphatic carbocycles.